The van der Waals surface area contributed by atoms with Gasteiger partial charge in [-0.1, -0.05) is 18.2 Å². The lowest BCUT2D eigenvalue weighted by molar-refractivity contribution is -0.274. The Labute approximate surface area is 189 Å². The van der Waals surface area contributed by atoms with Gasteiger partial charge in [-0.05, 0) is 54.1 Å². The number of phenols is 1. The summed E-state index contributed by atoms with van der Waals surface area (Å²) in [6.45, 7) is 0. The van der Waals surface area contributed by atoms with Crippen molar-refractivity contribution in [2.45, 2.75) is 12.4 Å². The molecule has 1 amide bonds. The number of hydrogen-bond donors (Lipinski definition) is 2. The van der Waals surface area contributed by atoms with Gasteiger partial charge in [0, 0.05) is 17.3 Å². The Morgan fingerprint density at radius 1 is 0.941 bits per heavy atom. The predicted molar refractivity (Wildman–Crippen MR) is 112 cm³/mol. The monoisotopic (exact) mass is 473 g/mol. The summed E-state index contributed by atoms with van der Waals surface area (Å²) in [5.41, 5.74) is -0.121. The number of aromatic hydroxyl groups is 1. The number of ether oxygens (including phenoxy) is 1. The molecule has 1 aliphatic rings. The van der Waals surface area contributed by atoms with Gasteiger partial charge in [0.05, 0.1) is 11.6 Å². The van der Waals surface area contributed by atoms with Crippen molar-refractivity contribution >= 4 is 23.1 Å². The molecule has 34 heavy (non-hydrogen) atoms. The summed E-state index contributed by atoms with van der Waals surface area (Å²) >= 11 is 0. The number of hydrogen-bond acceptors (Lipinski definition) is 5. The molecule has 1 aliphatic heterocycles. The van der Waals surface area contributed by atoms with Gasteiger partial charge in [-0.15, -0.1) is 13.2 Å². The van der Waals surface area contributed by atoms with Crippen LogP contribution in [0.1, 0.15) is 17.2 Å². The second kappa shape index (κ2) is 8.54. The van der Waals surface area contributed by atoms with Crippen molar-refractivity contribution in [2.24, 2.45) is 0 Å². The number of rotatable bonds is 4. The first-order chi connectivity index (χ1) is 16.0. The fourth-order valence-electron chi connectivity index (χ4n) is 3.66. The van der Waals surface area contributed by atoms with Crippen LogP contribution in [0.4, 0.5) is 23.2 Å². The van der Waals surface area contributed by atoms with E-state index in [2.05, 4.69) is 4.74 Å². The summed E-state index contributed by atoms with van der Waals surface area (Å²) in [6.07, 6.45) is -4.98. The van der Waals surface area contributed by atoms with E-state index >= 15 is 0 Å². The van der Waals surface area contributed by atoms with E-state index < -0.39 is 41.4 Å². The van der Waals surface area contributed by atoms with Gasteiger partial charge in [-0.25, -0.2) is 4.39 Å². The number of aliphatic hydroxyl groups is 1. The molecular weight excluding hydrogens is 458 g/mol. The van der Waals surface area contributed by atoms with Crippen LogP contribution in [0.2, 0.25) is 0 Å². The minimum Gasteiger partial charge on any atom is -0.508 e. The smallest absolute Gasteiger partial charge is 0.508 e. The van der Waals surface area contributed by atoms with Crippen LogP contribution in [0.3, 0.4) is 0 Å². The van der Waals surface area contributed by atoms with Gasteiger partial charge in [0.15, 0.2) is 0 Å². The van der Waals surface area contributed by atoms with E-state index in [0.29, 0.717) is 0 Å². The molecular formula is C24H15F4NO5. The number of ketones is 1. The maximum absolute atomic E-state index is 13.3. The third-order valence-corrected chi connectivity index (χ3v) is 5.10. The Hall–Kier alpha value is -4.34. The number of anilines is 1. The van der Waals surface area contributed by atoms with Crippen LogP contribution in [-0.4, -0.2) is 28.3 Å². The average molecular weight is 473 g/mol. The van der Waals surface area contributed by atoms with Gasteiger partial charge in [-0.3, -0.25) is 14.5 Å². The number of benzene rings is 3. The summed E-state index contributed by atoms with van der Waals surface area (Å²) in [5.74, 6) is -4.11. The lowest BCUT2D eigenvalue weighted by atomic mass is 9.95. The maximum Gasteiger partial charge on any atom is 0.573 e. The molecule has 0 saturated carbocycles. The average Bonchev–Trinajstić information content (AvgIpc) is 3.04. The number of phenolic OH excluding ortho intramolecular Hbond substituents is 1. The first-order valence-corrected chi connectivity index (χ1v) is 9.77. The first kappa shape index (κ1) is 22.8. The van der Waals surface area contributed by atoms with Crippen molar-refractivity contribution in [1.29, 1.82) is 0 Å². The van der Waals surface area contributed by atoms with E-state index in [0.717, 1.165) is 29.2 Å². The van der Waals surface area contributed by atoms with Crippen molar-refractivity contribution in [1.82, 2.24) is 0 Å². The molecule has 1 saturated heterocycles. The zero-order valence-electron chi connectivity index (χ0n) is 17.1. The summed E-state index contributed by atoms with van der Waals surface area (Å²) in [6, 6.07) is 13.1. The minimum atomic E-state index is -4.98. The molecule has 0 radical (unpaired) electrons. The molecule has 3 aromatic carbocycles. The highest BCUT2D eigenvalue weighted by Crippen LogP contribution is 2.43. The summed E-state index contributed by atoms with van der Waals surface area (Å²) in [7, 11) is 0. The van der Waals surface area contributed by atoms with Crippen LogP contribution in [0, 0.1) is 5.82 Å². The van der Waals surface area contributed by atoms with E-state index in [-0.39, 0.29) is 28.1 Å². The second-order valence-electron chi connectivity index (χ2n) is 7.31. The van der Waals surface area contributed by atoms with Crippen LogP contribution >= 0.6 is 0 Å². The van der Waals surface area contributed by atoms with Gasteiger partial charge in [-0.2, -0.15) is 0 Å². The molecule has 10 heteroatoms. The number of alkyl halides is 3. The molecule has 0 bridgehead atoms. The van der Waals surface area contributed by atoms with E-state index in [1.165, 1.54) is 48.5 Å². The highest BCUT2D eigenvalue weighted by atomic mass is 19.4. The Balaban J connectivity index is 1.89. The molecule has 4 rings (SSSR count). The minimum absolute atomic E-state index is 0.0531. The van der Waals surface area contributed by atoms with Gasteiger partial charge in [0.25, 0.3) is 11.7 Å². The van der Waals surface area contributed by atoms with E-state index in [1.54, 1.807) is 0 Å². The van der Waals surface area contributed by atoms with Crippen molar-refractivity contribution in [2.75, 3.05) is 4.90 Å². The normalized spacial score (nSPS) is 17.8. The van der Waals surface area contributed by atoms with Crippen molar-refractivity contribution in [3.05, 3.63) is 95.3 Å². The number of aliphatic hydroxyl groups excluding tert-OH is 1. The van der Waals surface area contributed by atoms with Crippen LogP contribution in [0.15, 0.2) is 78.4 Å². The molecule has 2 N–H and O–H groups in total. The third kappa shape index (κ3) is 4.42. The van der Waals surface area contributed by atoms with Gasteiger partial charge in [0.1, 0.15) is 23.1 Å². The molecule has 0 aromatic heterocycles. The summed E-state index contributed by atoms with van der Waals surface area (Å²) in [5, 5.41) is 20.5. The molecule has 1 unspecified atom stereocenters. The number of carbonyl (C=O) groups excluding carboxylic acids is 2. The largest absolute Gasteiger partial charge is 0.573 e. The van der Waals surface area contributed by atoms with E-state index in [4.69, 9.17) is 0 Å². The highest BCUT2D eigenvalue weighted by molar-refractivity contribution is 6.51. The SMILES string of the molecule is O=C1C(=O)N(c2cccc(OC(F)(F)F)c2)C(c2ccc(O)cc2)/C1=C(\O)c1ccc(F)cc1. The van der Waals surface area contributed by atoms with Crippen molar-refractivity contribution < 1.29 is 42.1 Å². The van der Waals surface area contributed by atoms with Crippen molar-refractivity contribution in [3.8, 4) is 11.5 Å². The highest BCUT2D eigenvalue weighted by Gasteiger charge is 2.47. The fraction of sp³-hybridized carbons (Fsp3) is 0.0833. The Morgan fingerprint density at radius 2 is 1.59 bits per heavy atom. The number of halogens is 4. The maximum atomic E-state index is 13.3. The summed E-state index contributed by atoms with van der Waals surface area (Å²) < 4.78 is 55.4. The molecule has 1 heterocycles. The quantitative estimate of drug-likeness (QED) is 0.240. The molecule has 174 valence electrons. The van der Waals surface area contributed by atoms with Crippen LogP contribution in [-0.2, 0) is 9.59 Å². The van der Waals surface area contributed by atoms with Crippen LogP contribution in [0.5, 0.6) is 11.5 Å². The van der Waals surface area contributed by atoms with Gasteiger partial charge < -0.3 is 14.9 Å². The summed E-state index contributed by atoms with van der Waals surface area (Å²) in [4.78, 5) is 26.9. The molecule has 0 aliphatic carbocycles. The number of carbonyl (C=O) groups is 2. The zero-order chi connectivity index (χ0) is 24.6. The molecule has 3 aromatic rings. The molecule has 1 atom stereocenters. The Morgan fingerprint density at radius 3 is 2.21 bits per heavy atom. The van der Waals surface area contributed by atoms with E-state index in [9.17, 15) is 37.4 Å². The van der Waals surface area contributed by atoms with E-state index in [1.807, 2.05) is 0 Å². The zero-order valence-corrected chi connectivity index (χ0v) is 17.1. The van der Waals surface area contributed by atoms with Gasteiger partial charge >= 0.3 is 6.36 Å². The van der Waals surface area contributed by atoms with Crippen LogP contribution in [0.25, 0.3) is 5.76 Å². The first-order valence-electron chi connectivity index (χ1n) is 9.77. The molecule has 1 fully saturated rings. The Bertz CT molecular complexity index is 1280. The van der Waals surface area contributed by atoms with Crippen molar-refractivity contribution in [3.63, 3.8) is 0 Å². The molecule has 0 spiro atoms. The lowest BCUT2D eigenvalue weighted by Crippen LogP contribution is -2.29. The lowest BCUT2D eigenvalue weighted by Gasteiger charge is -2.26. The number of amides is 1. The van der Waals surface area contributed by atoms with Crippen LogP contribution < -0.4 is 9.64 Å². The molecule has 6 nitrogen and oxygen atoms in total. The Kier molecular flexibility index (Phi) is 5.74. The van der Waals surface area contributed by atoms with Gasteiger partial charge in [0.2, 0.25) is 0 Å². The standard InChI is InChI=1S/C24H15F4NO5/c25-15-8-4-14(5-9-15)21(31)19-20(13-6-10-17(30)11-7-13)29(23(33)22(19)32)16-2-1-3-18(12-16)34-24(26,27)28/h1-12,20,30-31H/b21-19+. The number of Topliss-reactive ketones (excluding diaryl/α,β-unsaturated/α-hetero) is 1. The predicted octanol–water partition coefficient (Wildman–Crippen LogP) is 5.06. The topological polar surface area (TPSA) is 87.1 Å². The number of nitrogens with zero attached hydrogens (tertiary/aromatic N) is 1. The fourth-order valence-corrected chi connectivity index (χ4v) is 3.66. The third-order valence-electron chi connectivity index (χ3n) is 5.10. The second-order valence-corrected chi connectivity index (χ2v) is 7.31.